The molecule has 1 aromatic rings. The van der Waals surface area contributed by atoms with E-state index >= 15 is 0 Å². The standard InChI is InChI=1S/C13H17NO3/c1-4-16-13(15)12(10-14(2)3)17-11-8-6-5-7-9-11/h5-10H,4H2,1-3H3/b12-10+. The Morgan fingerprint density at radius 1 is 1.29 bits per heavy atom. The maximum atomic E-state index is 11.6. The van der Waals surface area contributed by atoms with Crippen molar-refractivity contribution >= 4 is 5.97 Å². The number of nitrogens with zero attached hydrogens (tertiary/aromatic N) is 1. The molecule has 4 heteroatoms. The summed E-state index contributed by atoms with van der Waals surface area (Å²) >= 11 is 0. The van der Waals surface area contributed by atoms with Gasteiger partial charge in [0.25, 0.3) is 0 Å². The fourth-order valence-electron chi connectivity index (χ4n) is 1.17. The van der Waals surface area contributed by atoms with Gasteiger partial charge in [0, 0.05) is 20.3 Å². The smallest absolute Gasteiger partial charge is 0.375 e. The van der Waals surface area contributed by atoms with Crippen molar-refractivity contribution in [1.82, 2.24) is 4.90 Å². The number of hydrogen-bond donors (Lipinski definition) is 0. The molecular weight excluding hydrogens is 218 g/mol. The number of carbonyl (C=O) groups is 1. The lowest BCUT2D eigenvalue weighted by molar-refractivity contribution is -0.141. The summed E-state index contributed by atoms with van der Waals surface area (Å²) in [5.74, 6) is 0.307. The van der Waals surface area contributed by atoms with Gasteiger partial charge >= 0.3 is 5.97 Å². The van der Waals surface area contributed by atoms with Crippen molar-refractivity contribution in [2.24, 2.45) is 0 Å². The summed E-state index contributed by atoms with van der Waals surface area (Å²) in [5, 5.41) is 0. The Balaban J connectivity index is 2.81. The van der Waals surface area contributed by atoms with Gasteiger partial charge in [0.1, 0.15) is 5.75 Å². The molecule has 0 N–H and O–H groups in total. The summed E-state index contributed by atoms with van der Waals surface area (Å²) in [4.78, 5) is 13.4. The van der Waals surface area contributed by atoms with Crippen molar-refractivity contribution in [3.63, 3.8) is 0 Å². The van der Waals surface area contributed by atoms with E-state index in [-0.39, 0.29) is 5.76 Å². The highest BCUT2D eigenvalue weighted by Gasteiger charge is 2.13. The third kappa shape index (κ3) is 4.59. The third-order valence-electron chi connectivity index (χ3n) is 1.82. The van der Waals surface area contributed by atoms with Crippen LogP contribution >= 0.6 is 0 Å². The molecule has 17 heavy (non-hydrogen) atoms. The molecule has 0 aliphatic rings. The monoisotopic (exact) mass is 235 g/mol. The summed E-state index contributed by atoms with van der Waals surface area (Å²) in [5.41, 5.74) is 0. The average molecular weight is 235 g/mol. The molecule has 0 radical (unpaired) electrons. The van der Waals surface area contributed by atoms with Crippen molar-refractivity contribution in [1.29, 1.82) is 0 Å². The quantitative estimate of drug-likeness (QED) is 0.445. The minimum atomic E-state index is -0.468. The van der Waals surface area contributed by atoms with Gasteiger partial charge in [-0.05, 0) is 19.1 Å². The molecule has 92 valence electrons. The van der Waals surface area contributed by atoms with Crippen LogP contribution in [-0.2, 0) is 9.53 Å². The number of benzene rings is 1. The first-order valence-corrected chi connectivity index (χ1v) is 5.41. The van der Waals surface area contributed by atoms with Gasteiger partial charge in [0.2, 0.25) is 5.76 Å². The second-order valence-electron chi connectivity index (χ2n) is 3.59. The summed E-state index contributed by atoms with van der Waals surface area (Å²) in [6.07, 6.45) is 1.59. The van der Waals surface area contributed by atoms with Crippen LogP contribution in [0.1, 0.15) is 6.92 Å². The van der Waals surface area contributed by atoms with E-state index in [9.17, 15) is 4.79 Å². The van der Waals surface area contributed by atoms with Crippen LogP contribution in [0, 0.1) is 0 Å². The summed E-state index contributed by atoms with van der Waals surface area (Å²) < 4.78 is 10.4. The van der Waals surface area contributed by atoms with E-state index in [1.807, 2.05) is 32.3 Å². The van der Waals surface area contributed by atoms with Gasteiger partial charge in [-0.1, -0.05) is 18.2 Å². The van der Waals surface area contributed by atoms with Crippen LogP contribution in [0.2, 0.25) is 0 Å². The molecular formula is C13H17NO3. The molecule has 0 saturated heterocycles. The number of hydrogen-bond acceptors (Lipinski definition) is 4. The van der Waals surface area contributed by atoms with Crippen molar-refractivity contribution in [3.05, 3.63) is 42.3 Å². The molecule has 0 atom stereocenters. The van der Waals surface area contributed by atoms with Gasteiger partial charge in [-0.3, -0.25) is 0 Å². The molecule has 0 amide bonds. The second kappa shape index (κ2) is 6.58. The summed E-state index contributed by atoms with van der Waals surface area (Å²) in [6.45, 7) is 2.08. The average Bonchev–Trinajstić information content (AvgIpc) is 2.29. The molecule has 0 aromatic heterocycles. The first kappa shape index (κ1) is 13.1. The minimum Gasteiger partial charge on any atom is -0.460 e. The topological polar surface area (TPSA) is 38.8 Å². The van der Waals surface area contributed by atoms with E-state index in [1.54, 1.807) is 30.2 Å². The van der Waals surface area contributed by atoms with Crippen molar-refractivity contribution in [2.45, 2.75) is 6.92 Å². The largest absolute Gasteiger partial charge is 0.460 e. The first-order valence-electron chi connectivity index (χ1n) is 5.41. The summed E-state index contributed by atoms with van der Waals surface area (Å²) in [6, 6.07) is 9.12. The van der Waals surface area contributed by atoms with Gasteiger partial charge in [0.15, 0.2) is 0 Å². The number of ether oxygens (including phenoxy) is 2. The SMILES string of the molecule is CCOC(=O)/C(=C\N(C)C)Oc1ccccc1. The minimum absolute atomic E-state index is 0.169. The Labute approximate surface area is 101 Å². The Morgan fingerprint density at radius 3 is 2.47 bits per heavy atom. The van der Waals surface area contributed by atoms with E-state index in [1.165, 1.54) is 0 Å². The molecule has 0 spiro atoms. The lowest BCUT2D eigenvalue weighted by atomic mass is 10.3. The van der Waals surface area contributed by atoms with E-state index < -0.39 is 5.97 Å². The van der Waals surface area contributed by atoms with E-state index in [2.05, 4.69) is 0 Å². The zero-order chi connectivity index (χ0) is 12.7. The predicted molar refractivity (Wildman–Crippen MR) is 65.5 cm³/mol. The van der Waals surface area contributed by atoms with E-state index in [0.717, 1.165) is 0 Å². The number of rotatable bonds is 5. The van der Waals surface area contributed by atoms with Crippen LogP contribution in [0.5, 0.6) is 5.75 Å². The van der Waals surface area contributed by atoms with Gasteiger partial charge < -0.3 is 14.4 Å². The molecule has 0 unspecified atom stereocenters. The number of esters is 1. The Bertz CT molecular complexity index is 385. The zero-order valence-electron chi connectivity index (χ0n) is 10.3. The predicted octanol–water partition coefficient (Wildman–Crippen LogP) is 2.03. The number of para-hydroxylation sites is 1. The lowest BCUT2D eigenvalue weighted by Gasteiger charge is -2.12. The second-order valence-corrected chi connectivity index (χ2v) is 3.59. The highest BCUT2D eigenvalue weighted by molar-refractivity contribution is 5.86. The number of carbonyl (C=O) groups excluding carboxylic acids is 1. The van der Waals surface area contributed by atoms with Crippen molar-refractivity contribution in [2.75, 3.05) is 20.7 Å². The van der Waals surface area contributed by atoms with Crippen LogP contribution in [0.3, 0.4) is 0 Å². The highest BCUT2D eigenvalue weighted by atomic mass is 16.6. The molecule has 0 bridgehead atoms. The molecule has 0 heterocycles. The van der Waals surface area contributed by atoms with Gasteiger partial charge in [-0.25, -0.2) is 4.79 Å². The van der Waals surface area contributed by atoms with Crippen LogP contribution in [0.25, 0.3) is 0 Å². The zero-order valence-corrected chi connectivity index (χ0v) is 10.3. The molecule has 0 saturated carbocycles. The fourth-order valence-corrected chi connectivity index (χ4v) is 1.17. The van der Waals surface area contributed by atoms with Gasteiger partial charge in [-0.15, -0.1) is 0 Å². The van der Waals surface area contributed by atoms with Crippen molar-refractivity contribution in [3.8, 4) is 5.75 Å². The van der Waals surface area contributed by atoms with Crippen LogP contribution in [0.15, 0.2) is 42.3 Å². The molecule has 4 nitrogen and oxygen atoms in total. The van der Waals surface area contributed by atoms with Gasteiger partial charge in [-0.2, -0.15) is 0 Å². The fraction of sp³-hybridized carbons (Fsp3) is 0.308. The Kier molecular flexibility index (Phi) is 5.07. The molecule has 0 fully saturated rings. The molecule has 1 aromatic carbocycles. The van der Waals surface area contributed by atoms with Crippen LogP contribution in [-0.4, -0.2) is 31.6 Å². The molecule has 0 aliphatic heterocycles. The first-order chi connectivity index (χ1) is 8.13. The maximum Gasteiger partial charge on any atom is 0.375 e. The normalized spacial score (nSPS) is 10.9. The molecule has 0 aliphatic carbocycles. The van der Waals surface area contributed by atoms with E-state index in [4.69, 9.17) is 9.47 Å². The van der Waals surface area contributed by atoms with Crippen molar-refractivity contribution < 1.29 is 14.3 Å². The van der Waals surface area contributed by atoms with Crippen LogP contribution in [0.4, 0.5) is 0 Å². The highest BCUT2D eigenvalue weighted by Crippen LogP contribution is 2.13. The van der Waals surface area contributed by atoms with Crippen LogP contribution < -0.4 is 4.74 Å². The lowest BCUT2D eigenvalue weighted by Crippen LogP contribution is -2.16. The van der Waals surface area contributed by atoms with Gasteiger partial charge in [0.05, 0.1) is 6.61 Å². The maximum absolute atomic E-state index is 11.6. The Morgan fingerprint density at radius 2 is 1.94 bits per heavy atom. The Hall–Kier alpha value is -1.97. The summed E-state index contributed by atoms with van der Waals surface area (Å²) in [7, 11) is 3.63. The third-order valence-corrected chi connectivity index (χ3v) is 1.82. The van der Waals surface area contributed by atoms with E-state index in [0.29, 0.717) is 12.4 Å². The molecule has 1 rings (SSSR count).